The molecule has 0 saturated heterocycles. The zero-order valence-corrected chi connectivity index (χ0v) is 23.2. The van der Waals surface area contributed by atoms with Crippen LogP contribution in [0.5, 0.6) is 0 Å². The molecule has 2 aliphatic carbocycles. The van der Waals surface area contributed by atoms with E-state index in [9.17, 15) is 13.2 Å². The molecule has 0 aromatic heterocycles. The molecule has 0 bridgehead atoms. The molecule has 1 saturated carbocycles. The Morgan fingerprint density at radius 3 is 2.70 bits per heavy atom. The Kier molecular flexibility index (Phi) is 9.47. The van der Waals surface area contributed by atoms with Gasteiger partial charge in [0.2, 0.25) is 0 Å². The zero-order chi connectivity index (χ0) is 28.9. The van der Waals surface area contributed by atoms with E-state index in [0.29, 0.717) is 48.7 Å². The Labute approximate surface area is 233 Å². The predicted molar refractivity (Wildman–Crippen MR) is 148 cm³/mol. The van der Waals surface area contributed by atoms with Gasteiger partial charge in [-0.2, -0.15) is 13.2 Å². The van der Waals surface area contributed by atoms with E-state index in [0.717, 1.165) is 35.8 Å². The van der Waals surface area contributed by atoms with Crippen molar-refractivity contribution in [3.63, 3.8) is 0 Å². The zero-order valence-electron chi connectivity index (χ0n) is 23.2. The number of nitrogens with two attached hydrogens (primary N) is 1. The third-order valence-electron chi connectivity index (χ3n) is 7.13. The van der Waals surface area contributed by atoms with Gasteiger partial charge in [-0.1, -0.05) is 6.08 Å². The summed E-state index contributed by atoms with van der Waals surface area (Å²) in [5, 5.41) is 12.6. The van der Waals surface area contributed by atoms with Crippen LogP contribution < -0.4 is 27.0 Å². The number of ether oxygens (including phenoxy) is 2. The summed E-state index contributed by atoms with van der Waals surface area (Å²) < 4.78 is 51.2. The highest BCUT2D eigenvalue weighted by molar-refractivity contribution is 5.99. The molecule has 1 fully saturated rings. The lowest BCUT2D eigenvalue weighted by atomic mass is 10.1. The number of alkyl halides is 3. The van der Waals surface area contributed by atoms with Crippen molar-refractivity contribution in [1.82, 2.24) is 26.2 Å². The van der Waals surface area contributed by atoms with Crippen molar-refractivity contribution >= 4 is 5.84 Å². The van der Waals surface area contributed by atoms with Gasteiger partial charge in [0, 0.05) is 31.5 Å². The number of amidine groups is 1. The SMILES string of the molecule is CCN1C=CC(C(F)(F)F)NC1C1=CC=C=C(CNC(/N=C(\N)C2=C(C3CC3)NCNC2OC)=C(/C)OC)C=C1. The lowest BCUT2D eigenvalue weighted by Crippen LogP contribution is -2.55. The number of nitrogens with zero attached hydrogens (tertiary/aromatic N) is 2. The maximum atomic E-state index is 13.4. The smallest absolute Gasteiger partial charge is 0.407 e. The molecule has 218 valence electrons. The molecule has 6 N–H and O–H groups in total. The molecule has 9 nitrogen and oxygen atoms in total. The number of allylic oxidation sites excluding steroid dienone is 3. The van der Waals surface area contributed by atoms with Gasteiger partial charge in [-0.3, -0.25) is 10.6 Å². The van der Waals surface area contributed by atoms with Gasteiger partial charge < -0.3 is 30.7 Å². The van der Waals surface area contributed by atoms with Gasteiger partial charge in [0.15, 0.2) is 5.82 Å². The molecule has 0 radical (unpaired) electrons. The molecule has 2 heterocycles. The van der Waals surface area contributed by atoms with E-state index in [1.807, 2.05) is 17.9 Å². The monoisotopic (exact) mass is 561 g/mol. The van der Waals surface area contributed by atoms with E-state index < -0.39 is 18.4 Å². The summed E-state index contributed by atoms with van der Waals surface area (Å²) in [6, 6.07) is -1.72. The first-order valence-electron chi connectivity index (χ1n) is 13.3. The Morgan fingerprint density at radius 1 is 1.27 bits per heavy atom. The molecule has 0 amide bonds. The average molecular weight is 562 g/mol. The van der Waals surface area contributed by atoms with E-state index in [-0.39, 0.29) is 6.23 Å². The Hall–Kier alpha value is -3.44. The number of likely N-dealkylation sites (N-methyl/N-ethyl adjacent to an activating group) is 1. The first-order valence-corrected chi connectivity index (χ1v) is 13.3. The number of methoxy groups -OCH3 is 2. The first kappa shape index (κ1) is 29.5. The number of hydrogen-bond donors (Lipinski definition) is 5. The fraction of sp³-hybridized carbons (Fsp3) is 0.500. The molecule has 2 aliphatic heterocycles. The minimum Gasteiger partial charge on any atom is -0.498 e. The minimum atomic E-state index is -4.38. The van der Waals surface area contributed by atoms with Crippen molar-refractivity contribution in [2.45, 2.75) is 51.3 Å². The molecule has 3 atom stereocenters. The van der Waals surface area contributed by atoms with Gasteiger partial charge in [0.05, 0.1) is 19.4 Å². The fourth-order valence-corrected chi connectivity index (χ4v) is 4.71. The van der Waals surface area contributed by atoms with Crippen molar-refractivity contribution < 1.29 is 22.6 Å². The normalized spacial score (nSPS) is 26.1. The summed E-state index contributed by atoms with van der Waals surface area (Å²) in [6.07, 6.45) is 6.56. The Morgan fingerprint density at radius 2 is 2.05 bits per heavy atom. The number of halogens is 3. The summed E-state index contributed by atoms with van der Waals surface area (Å²) in [4.78, 5) is 6.50. The third kappa shape index (κ3) is 7.00. The van der Waals surface area contributed by atoms with E-state index in [1.54, 1.807) is 39.4 Å². The van der Waals surface area contributed by atoms with Crippen LogP contribution in [0.2, 0.25) is 0 Å². The summed E-state index contributed by atoms with van der Waals surface area (Å²) in [6.45, 7) is 5.15. The molecular weight excluding hydrogens is 523 g/mol. The van der Waals surface area contributed by atoms with Gasteiger partial charge in [0.25, 0.3) is 0 Å². The second-order valence-corrected chi connectivity index (χ2v) is 9.83. The highest BCUT2D eigenvalue weighted by Gasteiger charge is 2.42. The lowest BCUT2D eigenvalue weighted by Gasteiger charge is -2.38. The van der Waals surface area contributed by atoms with Crippen molar-refractivity contribution in [2.75, 3.05) is 34.0 Å². The predicted octanol–water partition coefficient (Wildman–Crippen LogP) is 2.83. The summed E-state index contributed by atoms with van der Waals surface area (Å²) in [5.74, 6) is 1.72. The van der Waals surface area contributed by atoms with Crippen molar-refractivity contribution in [3.05, 3.63) is 76.3 Å². The molecule has 4 rings (SSSR count). The highest BCUT2D eigenvalue weighted by atomic mass is 19.4. The van der Waals surface area contributed by atoms with Crippen LogP contribution in [0.4, 0.5) is 13.2 Å². The quantitative estimate of drug-likeness (QED) is 0.120. The molecule has 0 aromatic carbocycles. The Bertz CT molecular complexity index is 1200. The largest absolute Gasteiger partial charge is 0.498 e. The number of nitrogens with one attached hydrogen (secondary N) is 4. The fourth-order valence-electron chi connectivity index (χ4n) is 4.71. The summed E-state index contributed by atoms with van der Waals surface area (Å²) >= 11 is 0. The molecule has 0 aromatic rings. The van der Waals surface area contributed by atoms with Crippen LogP contribution in [0.3, 0.4) is 0 Å². The standard InChI is InChI=1S/C28H38F3N7O2/c1-5-38-14-13-21(28(29,30)31)36-26(38)20-8-6-7-18(9-10-20)15-33-25(17(2)39-3)37-24(32)22-23(19-11-12-19)34-16-35-27(22)40-4/h6,8-10,13-14,19,21,26-27,33-36H,5,11-12,15-16H2,1-4H3,(H2,32,37)/b25-17+. The van der Waals surface area contributed by atoms with Crippen LogP contribution in [-0.2, 0) is 9.47 Å². The Balaban J connectivity index is 1.49. The van der Waals surface area contributed by atoms with Crippen LogP contribution >= 0.6 is 0 Å². The van der Waals surface area contributed by atoms with Crippen LogP contribution in [-0.4, -0.2) is 69.3 Å². The van der Waals surface area contributed by atoms with E-state index in [2.05, 4.69) is 32.0 Å². The molecular formula is C28H38F3N7O2. The maximum absolute atomic E-state index is 13.4. The topological polar surface area (TPSA) is 108 Å². The van der Waals surface area contributed by atoms with Gasteiger partial charge in [-0.25, -0.2) is 4.99 Å². The van der Waals surface area contributed by atoms with Crippen LogP contribution in [0, 0.1) is 5.92 Å². The van der Waals surface area contributed by atoms with Crippen molar-refractivity contribution in [1.29, 1.82) is 0 Å². The first-order chi connectivity index (χ1) is 19.2. The second kappa shape index (κ2) is 12.8. The van der Waals surface area contributed by atoms with Gasteiger partial charge >= 0.3 is 6.18 Å². The number of aliphatic imine (C=N–C) groups is 1. The second-order valence-electron chi connectivity index (χ2n) is 9.83. The summed E-state index contributed by atoms with van der Waals surface area (Å²) in [5.41, 5.74) is 13.0. The number of hydrogen-bond acceptors (Lipinski definition) is 8. The minimum absolute atomic E-state index is 0.313. The molecule has 12 heteroatoms. The molecule has 4 aliphatic rings. The van der Waals surface area contributed by atoms with Crippen molar-refractivity contribution in [2.24, 2.45) is 16.6 Å². The maximum Gasteiger partial charge on any atom is 0.407 e. The third-order valence-corrected chi connectivity index (χ3v) is 7.13. The van der Waals surface area contributed by atoms with E-state index in [1.165, 1.54) is 6.20 Å². The molecule has 3 unspecified atom stereocenters. The highest BCUT2D eigenvalue weighted by Crippen LogP contribution is 2.38. The van der Waals surface area contributed by atoms with Gasteiger partial charge in [-0.15, -0.1) is 5.73 Å². The van der Waals surface area contributed by atoms with E-state index in [4.69, 9.17) is 15.2 Å². The molecule has 40 heavy (non-hydrogen) atoms. The van der Waals surface area contributed by atoms with Crippen LogP contribution in [0.1, 0.15) is 26.7 Å². The van der Waals surface area contributed by atoms with Gasteiger partial charge in [0.1, 0.15) is 30.0 Å². The van der Waals surface area contributed by atoms with E-state index >= 15 is 0 Å². The van der Waals surface area contributed by atoms with Gasteiger partial charge in [-0.05, 0) is 68.7 Å². The lowest BCUT2D eigenvalue weighted by molar-refractivity contribution is -0.149. The number of rotatable bonds is 10. The average Bonchev–Trinajstić information content (AvgIpc) is 3.81. The van der Waals surface area contributed by atoms with Crippen LogP contribution in [0.25, 0.3) is 0 Å². The van der Waals surface area contributed by atoms with Crippen LogP contribution in [0.15, 0.2) is 81.3 Å². The summed E-state index contributed by atoms with van der Waals surface area (Å²) in [7, 11) is 3.18. The molecule has 0 spiro atoms. The van der Waals surface area contributed by atoms with Crippen molar-refractivity contribution in [3.8, 4) is 0 Å².